The summed E-state index contributed by atoms with van der Waals surface area (Å²) in [7, 11) is 0. The zero-order chi connectivity index (χ0) is 28.8. The molecule has 1 unspecified atom stereocenters. The van der Waals surface area contributed by atoms with Crippen molar-refractivity contribution in [2.24, 2.45) is 11.1 Å². The number of benzene rings is 1. The molecule has 1 spiro atoms. The summed E-state index contributed by atoms with van der Waals surface area (Å²) < 4.78 is 12.4. The van der Waals surface area contributed by atoms with E-state index in [4.69, 9.17) is 15.0 Å². The molecule has 3 aromatic rings. The van der Waals surface area contributed by atoms with Gasteiger partial charge in [-0.05, 0) is 64.9 Å². The SMILES string of the molecule is CC(C)n1nc(-c2ccc(CC(=O)Nc3cc(C4CC45CCC5)on3)cc2)c(C(N)=O)c1NC(=O)OC(C)(C)C. The normalized spacial score (nSPS) is 17.4. The van der Waals surface area contributed by atoms with Crippen LogP contribution in [0.5, 0.6) is 0 Å². The van der Waals surface area contributed by atoms with Crippen molar-refractivity contribution in [3.8, 4) is 11.3 Å². The van der Waals surface area contributed by atoms with Gasteiger partial charge in [-0.25, -0.2) is 9.48 Å². The second-order valence-electron chi connectivity index (χ2n) is 12.1. The summed E-state index contributed by atoms with van der Waals surface area (Å²) in [5.74, 6) is 0.914. The van der Waals surface area contributed by atoms with Gasteiger partial charge in [0.05, 0.1) is 6.42 Å². The van der Waals surface area contributed by atoms with E-state index in [1.54, 1.807) is 45.0 Å². The first kappa shape index (κ1) is 27.4. The van der Waals surface area contributed by atoms with Gasteiger partial charge in [0, 0.05) is 23.6 Å². The van der Waals surface area contributed by atoms with Crippen molar-refractivity contribution in [3.05, 3.63) is 47.2 Å². The largest absolute Gasteiger partial charge is 0.444 e. The molecule has 11 heteroatoms. The first-order chi connectivity index (χ1) is 18.8. The third-order valence-electron chi connectivity index (χ3n) is 7.54. The third-order valence-corrected chi connectivity index (χ3v) is 7.54. The molecule has 212 valence electrons. The number of primary amides is 1. The second kappa shape index (κ2) is 10.1. The van der Waals surface area contributed by atoms with Crippen LogP contribution in [-0.2, 0) is 16.0 Å². The minimum Gasteiger partial charge on any atom is -0.444 e. The van der Waals surface area contributed by atoms with E-state index in [9.17, 15) is 14.4 Å². The monoisotopic (exact) mass is 548 g/mol. The van der Waals surface area contributed by atoms with Gasteiger partial charge >= 0.3 is 6.09 Å². The van der Waals surface area contributed by atoms with Gasteiger partial charge in [-0.2, -0.15) is 5.10 Å². The summed E-state index contributed by atoms with van der Waals surface area (Å²) in [5.41, 5.74) is 7.21. The molecule has 2 aliphatic rings. The maximum atomic E-state index is 12.7. The maximum absolute atomic E-state index is 12.7. The number of hydrogen-bond acceptors (Lipinski definition) is 7. The highest BCUT2D eigenvalue weighted by atomic mass is 16.6. The number of aromatic nitrogens is 3. The molecule has 2 aromatic heterocycles. The number of anilines is 2. The number of nitrogens with two attached hydrogens (primary N) is 1. The van der Waals surface area contributed by atoms with Crippen LogP contribution in [0.25, 0.3) is 11.3 Å². The Kier molecular flexibility index (Phi) is 6.93. The number of hydrogen-bond donors (Lipinski definition) is 3. The second-order valence-corrected chi connectivity index (χ2v) is 12.1. The molecule has 2 saturated carbocycles. The zero-order valence-electron chi connectivity index (χ0n) is 23.5. The molecule has 0 bridgehead atoms. The molecule has 11 nitrogen and oxygen atoms in total. The lowest BCUT2D eigenvalue weighted by Gasteiger charge is -2.25. The van der Waals surface area contributed by atoms with E-state index in [1.807, 2.05) is 19.9 Å². The Morgan fingerprint density at radius 1 is 1.18 bits per heavy atom. The number of amides is 3. The van der Waals surface area contributed by atoms with Crippen LogP contribution >= 0.6 is 0 Å². The number of nitrogens with one attached hydrogen (secondary N) is 2. The van der Waals surface area contributed by atoms with Crippen molar-refractivity contribution in [2.75, 3.05) is 10.6 Å². The molecule has 1 aromatic carbocycles. The van der Waals surface area contributed by atoms with Crippen molar-refractivity contribution in [1.29, 1.82) is 0 Å². The zero-order valence-corrected chi connectivity index (χ0v) is 23.5. The number of ether oxygens (including phenoxy) is 1. The van der Waals surface area contributed by atoms with E-state index in [0.717, 1.165) is 17.7 Å². The molecule has 2 aliphatic carbocycles. The van der Waals surface area contributed by atoms with E-state index in [1.165, 1.54) is 23.9 Å². The number of carbonyl (C=O) groups excluding carboxylic acids is 3. The summed E-state index contributed by atoms with van der Waals surface area (Å²) >= 11 is 0. The van der Waals surface area contributed by atoms with Crippen LogP contribution in [0.2, 0.25) is 0 Å². The van der Waals surface area contributed by atoms with Crippen molar-refractivity contribution in [1.82, 2.24) is 14.9 Å². The lowest BCUT2D eigenvalue weighted by atomic mass is 9.79. The molecule has 5 rings (SSSR count). The Bertz CT molecular complexity index is 1440. The number of nitrogens with zero attached hydrogens (tertiary/aromatic N) is 3. The van der Waals surface area contributed by atoms with Crippen LogP contribution in [0.15, 0.2) is 34.9 Å². The summed E-state index contributed by atoms with van der Waals surface area (Å²) in [6.07, 6.45) is 4.33. The Balaban J connectivity index is 1.29. The van der Waals surface area contributed by atoms with Gasteiger partial charge in [0.25, 0.3) is 5.91 Å². The topological polar surface area (TPSA) is 154 Å². The molecule has 3 amide bonds. The quantitative estimate of drug-likeness (QED) is 0.340. The van der Waals surface area contributed by atoms with Gasteiger partial charge < -0.3 is 20.3 Å². The van der Waals surface area contributed by atoms with Gasteiger partial charge in [0.2, 0.25) is 5.91 Å². The average Bonchev–Trinajstić information content (AvgIpc) is 3.26. The van der Waals surface area contributed by atoms with Crippen molar-refractivity contribution < 1.29 is 23.6 Å². The molecular formula is C29H36N6O5. The summed E-state index contributed by atoms with van der Waals surface area (Å²) in [6.45, 7) is 8.98. The highest BCUT2D eigenvalue weighted by Crippen LogP contribution is 2.70. The van der Waals surface area contributed by atoms with Crippen LogP contribution in [-0.4, -0.2) is 38.4 Å². The molecule has 0 saturated heterocycles. The van der Waals surface area contributed by atoms with E-state index in [-0.39, 0.29) is 29.8 Å². The van der Waals surface area contributed by atoms with Gasteiger partial charge in [-0.1, -0.05) is 35.8 Å². The van der Waals surface area contributed by atoms with E-state index in [0.29, 0.717) is 28.4 Å². The fraction of sp³-hybridized carbons (Fsp3) is 0.483. The van der Waals surface area contributed by atoms with E-state index >= 15 is 0 Å². The summed E-state index contributed by atoms with van der Waals surface area (Å²) in [5, 5.41) is 14.1. The highest BCUT2D eigenvalue weighted by Gasteiger charge is 2.59. The smallest absolute Gasteiger partial charge is 0.413 e. The maximum Gasteiger partial charge on any atom is 0.413 e. The molecule has 2 heterocycles. The minimum absolute atomic E-state index is 0.0752. The van der Waals surface area contributed by atoms with Gasteiger partial charge in [-0.15, -0.1) is 0 Å². The Labute approximate surface area is 232 Å². The Hall–Kier alpha value is -4.15. The Morgan fingerprint density at radius 3 is 2.42 bits per heavy atom. The summed E-state index contributed by atoms with van der Waals surface area (Å²) in [4.78, 5) is 37.7. The standard InChI is InChI=1S/C29H36N6O5/c1-16(2)35-26(32-27(38)39-28(3,4)5)23(25(30)37)24(33-35)18-9-7-17(8-10-18)13-22(36)31-21-14-20(40-34-21)19-15-29(19)11-6-12-29/h7-10,14,16,19H,6,11-13,15H2,1-5H3,(H2,30,37)(H,32,38)(H,31,34,36). The van der Waals surface area contributed by atoms with Crippen LogP contribution in [0.1, 0.15) is 93.9 Å². The van der Waals surface area contributed by atoms with Crippen LogP contribution < -0.4 is 16.4 Å². The van der Waals surface area contributed by atoms with Crippen LogP contribution in [0, 0.1) is 5.41 Å². The van der Waals surface area contributed by atoms with Gasteiger partial charge in [0.1, 0.15) is 28.4 Å². The molecule has 4 N–H and O–H groups in total. The molecule has 40 heavy (non-hydrogen) atoms. The third kappa shape index (κ3) is 5.59. The molecule has 0 aliphatic heterocycles. The van der Waals surface area contributed by atoms with Gasteiger partial charge in [-0.3, -0.25) is 14.9 Å². The fourth-order valence-corrected chi connectivity index (χ4v) is 5.36. The van der Waals surface area contributed by atoms with E-state index < -0.39 is 17.6 Å². The van der Waals surface area contributed by atoms with E-state index in [2.05, 4.69) is 20.9 Å². The number of carbonyl (C=O) groups is 3. The van der Waals surface area contributed by atoms with Crippen molar-refractivity contribution in [3.63, 3.8) is 0 Å². The first-order valence-corrected chi connectivity index (χ1v) is 13.6. The predicted octanol–water partition coefficient (Wildman–Crippen LogP) is 5.40. The Morgan fingerprint density at radius 2 is 1.88 bits per heavy atom. The first-order valence-electron chi connectivity index (χ1n) is 13.6. The number of rotatable bonds is 8. The van der Waals surface area contributed by atoms with Crippen molar-refractivity contribution in [2.45, 2.75) is 84.3 Å². The summed E-state index contributed by atoms with van der Waals surface area (Å²) in [6, 6.07) is 8.74. The van der Waals surface area contributed by atoms with Crippen LogP contribution in [0.4, 0.5) is 16.4 Å². The van der Waals surface area contributed by atoms with Crippen molar-refractivity contribution >= 4 is 29.5 Å². The fourth-order valence-electron chi connectivity index (χ4n) is 5.36. The molecule has 1 atom stereocenters. The lowest BCUT2D eigenvalue weighted by molar-refractivity contribution is -0.115. The highest BCUT2D eigenvalue weighted by molar-refractivity contribution is 6.06. The average molecular weight is 549 g/mol. The lowest BCUT2D eigenvalue weighted by Crippen LogP contribution is -2.29. The molecular weight excluding hydrogens is 512 g/mol. The molecule has 0 radical (unpaired) electrons. The van der Waals surface area contributed by atoms with Crippen LogP contribution in [0.3, 0.4) is 0 Å². The molecule has 2 fully saturated rings. The van der Waals surface area contributed by atoms with Gasteiger partial charge in [0.15, 0.2) is 5.82 Å². The predicted molar refractivity (Wildman–Crippen MR) is 149 cm³/mol. The minimum atomic E-state index is -0.738.